The first kappa shape index (κ1) is 13.1. The van der Waals surface area contributed by atoms with Gasteiger partial charge in [0, 0.05) is 29.8 Å². The Morgan fingerprint density at radius 3 is 2.79 bits per heavy atom. The Kier molecular flexibility index (Phi) is 3.60. The van der Waals surface area contributed by atoms with E-state index in [-0.39, 0.29) is 18.1 Å². The number of aliphatic hydroxyl groups excluding tert-OH is 1. The first-order valence-corrected chi connectivity index (χ1v) is 7.43. The summed E-state index contributed by atoms with van der Waals surface area (Å²) in [5.41, 5.74) is 0.946. The van der Waals surface area contributed by atoms with Gasteiger partial charge in [-0.3, -0.25) is 9.69 Å². The minimum absolute atomic E-state index is 0.0591. The van der Waals surface area contributed by atoms with Crippen molar-refractivity contribution in [1.29, 1.82) is 0 Å². The maximum absolute atomic E-state index is 12.5. The molecule has 2 fully saturated rings. The summed E-state index contributed by atoms with van der Waals surface area (Å²) in [5.74, 6) is 0.159. The number of hydrogen-bond acceptors (Lipinski definition) is 3. The average molecular weight is 325 g/mol. The lowest BCUT2D eigenvalue weighted by Crippen LogP contribution is -2.41. The van der Waals surface area contributed by atoms with Crippen molar-refractivity contribution in [2.24, 2.45) is 0 Å². The Morgan fingerprint density at radius 2 is 2.11 bits per heavy atom. The Balaban J connectivity index is 1.75. The molecule has 0 bridgehead atoms. The van der Waals surface area contributed by atoms with E-state index in [1.54, 1.807) is 0 Å². The van der Waals surface area contributed by atoms with Crippen molar-refractivity contribution in [3.63, 3.8) is 0 Å². The van der Waals surface area contributed by atoms with E-state index in [1.165, 1.54) is 0 Å². The Hall–Kier alpha value is -0.910. The van der Waals surface area contributed by atoms with E-state index in [1.807, 2.05) is 29.2 Å². The van der Waals surface area contributed by atoms with E-state index >= 15 is 0 Å². The molecule has 1 amide bonds. The molecule has 2 aliphatic heterocycles. The van der Waals surface area contributed by atoms with Crippen LogP contribution in [0.15, 0.2) is 28.7 Å². The normalized spacial score (nSPS) is 28.3. The molecule has 0 radical (unpaired) electrons. The van der Waals surface area contributed by atoms with Gasteiger partial charge in [0.25, 0.3) is 0 Å². The van der Waals surface area contributed by atoms with Gasteiger partial charge in [-0.2, -0.15) is 0 Å². The summed E-state index contributed by atoms with van der Waals surface area (Å²) in [4.78, 5) is 16.5. The highest BCUT2D eigenvalue weighted by atomic mass is 79.9. The number of likely N-dealkylation sites (tertiary alicyclic amines) is 1. The van der Waals surface area contributed by atoms with Gasteiger partial charge in [-0.05, 0) is 31.0 Å². The van der Waals surface area contributed by atoms with Gasteiger partial charge in [-0.15, -0.1) is 0 Å². The number of carbonyl (C=O) groups is 1. The first-order valence-electron chi connectivity index (χ1n) is 6.64. The number of aliphatic hydroxyl groups is 1. The second-order valence-corrected chi connectivity index (χ2v) is 6.13. The highest BCUT2D eigenvalue weighted by molar-refractivity contribution is 9.10. The van der Waals surface area contributed by atoms with Gasteiger partial charge in [0.1, 0.15) is 0 Å². The fourth-order valence-electron chi connectivity index (χ4n) is 2.96. The van der Waals surface area contributed by atoms with Gasteiger partial charge in [0.2, 0.25) is 5.91 Å². The highest BCUT2D eigenvalue weighted by Gasteiger charge is 2.39. The zero-order chi connectivity index (χ0) is 13.4. The third-order valence-corrected chi connectivity index (χ3v) is 4.43. The second-order valence-electron chi connectivity index (χ2n) is 5.21. The number of β-amino-alcohol motifs (C(OH)–C–C–N with tert-alkyl or cyclic N) is 1. The third kappa shape index (κ3) is 2.55. The van der Waals surface area contributed by atoms with Crippen LogP contribution < -0.4 is 4.90 Å². The Morgan fingerprint density at radius 1 is 1.26 bits per heavy atom. The van der Waals surface area contributed by atoms with Crippen LogP contribution in [0, 0.1) is 0 Å². The molecule has 0 aliphatic carbocycles. The van der Waals surface area contributed by atoms with Gasteiger partial charge in [-0.1, -0.05) is 22.0 Å². The van der Waals surface area contributed by atoms with Crippen LogP contribution in [0.4, 0.5) is 5.69 Å². The number of carbonyl (C=O) groups excluding carboxylic acids is 1. The molecule has 2 heterocycles. The van der Waals surface area contributed by atoms with Crippen molar-refractivity contribution in [1.82, 2.24) is 4.90 Å². The molecule has 2 aliphatic rings. The first-order chi connectivity index (χ1) is 9.15. The van der Waals surface area contributed by atoms with Crippen LogP contribution in [0.2, 0.25) is 0 Å². The minimum atomic E-state index is -0.271. The topological polar surface area (TPSA) is 43.8 Å². The minimum Gasteiger partial charge on any atom is -0.392 e. The number of halogens is 1. The molecular weight excluding hydrogens is 308 g/mol. The van der Waals surface area contributed by atoms with E-state index < -0.39 is 0 Å². The standard InChI is InChI=1S/C14H17BrN2O2/c15-10-2-1-3-11(8-10)17-7-5-13(14(17)19)16-6-4-12(18)9-16/h1-3,8,12-13,18H,4-7,9H2/t12-,13-/m1/s1. The van der Waals surface area contributed by atoms with E-state index in [0.717, 1.165) is 36.1 Å². The Bertz CT molecular complexity index is 494. The maximum Gasteiger partial charge on any atom is 0.244 e. The van der Waals surface area contributed by atoms with Crippen LogP contribution >= 0.6 is 15.9 Å². The van der Waals surface area contributed by atoms with Gasteiger partial charge in [0.15, 0.2) is 0 Å². The van der Waals surface area contributed by atoms with Crippen LogP contribution in [0.3, 0.4) is 0 Å². The summed E-state index contributed by atoms with van der Waals surface area (Å²) >= 11 is 3.44. The summed E-state index contributed by atoms with van der Waals surface area (Å²) in [5, 5.41) is 9.59. The molecule has 102 valence electrons. The van der Waals surface area contributed by atoms with Crippen LogP contribution in [-0.2, 0) is 4.79 Å². The van der Waals surface area contributed by atoms with E-state index in [2.05, 4.69) is 20.8 Å². The van der Waals surface area contributed by atoms with E-state index in [4.69, 9.17) is 0 Å². The third-order valence-electron chi connectivity index (χ3n) is 3.93. The summed E-state index contributed by atoms with van der Waals surface area (Å²) in [6.45, 7) is 2.21. The monoisotopic (exact) mass is 324 g/mol. The number of amides is 1. The van der Waals surface area contributed by atoms with Crippen molar-refractivity contribution in [3.8, 4) is 0 Å². The molecule has 0 aromatic heterocycles. The van der Waals surface area contributed by atoms with Gasteiger partial charge < -0.3 is 10.0 Å². The molecule has 4 nitrogen and oxygen atoms in total. The number of rotatable bonds is 2. The summed E-state index contributed by atoms with van der Waals surface area (Å²) in [6.07, 6.45) is 1.35. The molecule has 2 atom stereocenters. The molecule has 1 aromatic carbocycles. The zero-order valence-corrected chi connectivity index (χ0v) is 12.2. The molecule has 0 saturated carbocycles. The summed E-state index contributed by atoms with van der Waals surface area (Å²) in [6, 6.07) is 7.78. The molecule has 3 rings (SSSR count). The van der Waals surface area contributed by atoms with Crippen LogP contribution in [0.5, 0.6) is 0 Å². The lowest BCUT2D eigenvalue weighted by Gasteiger charge is -2.23. The fraction of sp³-hybridized carbons (Fsp3) is 0.500. The molecule has 5 heteroatoms. The average Bonchev–Trinajstić information content (AvgIpc) is 2.95. The zero-order valence-electron chi connectivity index (χ0n) is 10.6. The Labute approximate surface area is 121 Å². The SMILES string of the molecule is O=C1[C@H](N2CC[C@@H](O)C2)CCN1c1cccc(Br)c1. The number of benzene rings is 1. The second kappa shape index (κ2) is 5.23. The molecule has 1 N–H and O–H groups in total. The lowest BCUT2D eigenvalue weighted by atomic mass is 10.2. The summed E-state index contributed by atoms with van der Waals surface area (Å²) < 4.78 is 0.984. The van der Waals surface area contributed by atoms with E-state index in [0.29, 0.717) is 6.54 Å². The fourth-order valence-corrected chi connectivity index (χ4v) is 3.34. The molecule has 19 heavy (non-hydrogen) atoms. The predicted octanol–water partition coefficient (Wildman–Crippen LogP) is 1.62. The maximum atomic E-state index is 12.5. The molecular formula is C14H17BrN2O2. The van der Waals surface area contributed by atoms with Crippen molar-refractivity contribution in [2.75, 3.05) is 24.5 Å². The molecule has 0 unspecified atom stereocenters. The largest absolute Gasteiger partial charge is 0.392 e. The van der Waals surface area contributed by atoms with Crippen molar-refractivity contribution in [2.45, 2.75) is 25.0 Å². The quantitative estimate of drug-likeness (QED) is 0.899. The van der Waals surface area contributed by atoms with Gasteiger partial charge >= 0.3 is 0 Å². The van der Waals surface area contributed by atoms with Crippen molar-refractivity contribution >= 4 is 27.5 Å². The van der Waals surface area contributed by atoms with Crippen molar-refractivity contribution < 1.29 is 9.90 Å². The van der Waals surface area contributed by atoms with E-state index in [9.17, 15) is 9.90 Å². The lowest BCUT2D eigenvalue weighted by molar-refractivity contribution is -0.121. The van der Waals surface area contributed by atoms with Crippen LogP contribution in [0.25, 0.3) is 0 Å². The highest BCUT2D eigenvalue weighted by Crippen LogP contribution is 2.28. The molecule has 1 aromatic rings. The number of anilines is 1. The predicted molar refractivity (Wildman–Crippen MR) is 77.1 cm³/mol. The number of hydrogen-bond donors (Lipinski definition) is 1. The van der Waals surface area contributed by atoms with Gasteiger partial charge in [0.05, 0.1) is 12.1 Å². The number of nitrogens with zero attached hydrogens (tertiary/aromatic N) is 2. The molecule has 0 spiro atoms. The van der Waals surface area contributed by atoms with Gasteiger partial charge in [-0.25, -0.2) is 0 Å². The summed E-state index contributed by atoms with van der Waals surface area (Å²) in [7, 11) is 0. The molecule has 2 saturated heterocycles. The smallest absolute Gasteiger partial charge is 0.244 e. The van der Waals surface area contributed by atoms with Crippen LogP contribution in [0.1, 0.15) is 12.8 Å². The van der Waals surface area contributed by atoms with Crippen molar-refractivity contribution in [3.05, 3.63) is 28.7 Å². The van der Waals surface area contributed by atoms with Crippen LogP contribution in [-0.4, -0.2) is 47.7 Å².